The number of nitrogens with zero attached hydrogens (tertiary/aromatic N) is 2. The molecule has 0 atom stereocenters. The van der Waals surface area contributed by atoms with Gasteiger partial charge in [0.15, 0.2) is 4.34 Å². The number of ether oxygens (including phenoxy) is 1. The van der Waals surface area contributed by atoms with E-state index in [1.165, 1.54) is 23.1 Å². The lowest BCUT2D eigenvalue weighted by Gasteiger charge is -2.04. The molecule has 3 rings (SSSR count). The van der Waals surface area contributed by atoms with Gasteiger partial charge in [-0.25, -0.2) is 4.79 Å². The summed E-state index contributed by atoms with van der Waals surface area (Å²) in [5.41, 5.74) is 0.835. The highest BCUT2D eigenvalue weighted by Crippen LogP contribution is 2.28. The van der Waals surface area contributed by atoms with Crippen molar-refractivity contribution >= 4 is 45.9 Å². The Labute approximate surface area is 152 Å². The van der Waals surface area contributed by atoms with Crippen molar-refractivity contribution in [2.24, 2.45) is 0 Å². The summed E-state index contributed by atoms with van der Waals surface area (Å²) in [6.45, 7) is 0. The van der Waals surface area contributed by atoms with Crippen molar-refractivity contribution < 1.29 is 14.3 Å². The molecule has 0 saturated heterocycles. The fraction of sp³-hybridized carbons (Fsp3) is 0.333. The number of benzene rings is 1. The summed E-state index contributed by atoms with van der Waals surface area (Å²) in [5, 5.41) is 16.8. The minimum absolute atomic E-state index is 0.103. The van der Waals surface area contributed by atoms with Crippen molar-refractivity contribution in [3.63, 3.8) is 0 Å². The van der Waals surface area contributed by atoms with Crippen LogP contribution in [-0.2, 0) is 4.79 Å². The number of hydrogen-bond acceptors (Lipinski definition) is 8. The largest absolute Gasteiger partial charge is 0.497 e. The monoisotopic (exact) mass is 379 g/mol. The summed E-state index contributed by atoms with van der Waals surface area (Å²) >= 11 is 2.56. The molecule has 1 heterocycles. The van der Waals surface area contributed by atoms with Gasteiger partial charge in [0.05, 0.1) is 12.9 Å². The van der Waals surface area contributed by atoms with Crippen LogP contribution in [0.3, 0.4) is 0 Å². The van der Waals surface area contributed by atoms with Crippen LogP contribution in [-0.4, -0.2) is 41.0 Å². The molecule has 10 heteroatoms. The second kappa shape index (κ2) is 8.17. The molecule has 0 bridgehead atoms. The van der Waals surface area contributed by atoms with Crippen molar-refractivity contribution in [3.8, 4) is 5.75 Å². The predicted octanol–water partition coefficient (Wildman–Crippen LogP) is 2.37. The zero-order valence-corrected chi connectivity index (χ0v) is 15.1. The van der Waals surface area contributed by atoms with Gasteiger partial charge in [-0.3, -0.25) is 10.1 Å². The van der Waals surface area contributed by atoms with Crippen LogP contribution in [0.5, 0.6) is 5.75 Å². The lowest BCUT2D eigenvalue weighted by Crippen LogP contribution is -2.41. The molecule has 0 aliphatic heterocycles. The van der Waals surface area contributed by atoms with Crippen molar-refractivity contribution in [3.05, 3.63) is 24.3 Å². The lowest BCUT2D eigenvalue weighted by atomic mass is 10.3. The standard InChI is InChI=1S/C15H17N5O3S2/c1-23-11-4-2-3-10(7-11)17-14-19-20-15(25-14)24-8-12(21)18-13(22)16-9-5-6-9/h2-4,7,9H,5-6,8H2,1H3,(H,17,19)(H2,16,18,21,22). The third-order valence-corrected chi connectivity index (χ3v) is 5.19. The maximum absolute atomic E-state index is 11.7. The topological polar surface area (TPSA) is 105 Å². The molecule has 1 aliphatic rings. The SMILES string of the molecule is COc1cccc(Nc2nnc(SCC(=O)NC(=O)NC3CC3)s2)c1. The number of rotatable bonds is 7. The number of methoxy groups -OCH3 is 1. The normalized spacial score (nSPS) is 13.2. The van der Waals surface area contributed by atoms with Gasteiger partial charge in [-0.15, -0.1) is 10.2 Å². The van der Waals surface area contributed by atoms with E-state index in [2.05, 4.69) is 26.1 Å². The third-order valence-electron chi connectivity index (χ3n) is 3.22. The number of amides is 3. The van der Waals surface area contributed by atoms with Gasteiger partial charge < -0.3 is 15.4 Å². The van der Waals surface area contributed by atoms with Crippen LogP contribution in [0.1, 0.15) is 12.8 Å². The minimum atomic E-state index is -0.439. The molecule has 2 aromatic rings. The molecule has 0 unspecified atom stereocenters. The molecule has 1 saturated carbocycles. The van der Waals surface area contributed by atoms with Crippen LogP contribution >= 0.6 is 23.1 Å². The number of carbonyl (C=O) groups excluding carboxylic acids is 2. The Morgan fingerprint density at radius 1 is 1.36 bits per heavy atom. The Balaban J connectivity index is 1.46. The van der Waals surface area contributed by atoms with E-state index in [9.17, 15) is 9.59 Å². The molecule has 3 amide bonds. The zero-order chi connectivity index (χ0) is 17.6. The summed E-state index contributed by atoms with van der Waals surface area (Å²) in [6.07, 6.45) is 1.95. The van der Waals surface area contributed by atoms with E-state index in [1.54, 1.807) is 7.11 Å². The fourth-order valence-corrected chi connectivity index (χ4v) is 3.45. The number of anilines is 2. The second-order valence-corrected chi connectivity index (χ2v) is 7.51. The predicted molar refractivity (Wildman–Crippen MR) is 96.6 cm³/mol. The van der Waals surface area contributed by atoms with Gasteiger partial charge in [-0.1, -0.05) is 29.2 Å². The number of thioether (sulfide) groups is 1. The Morgan fingerprint density at radius 3 is 2.96 bits per heavy atom. The first kappa shape index (κ1) is 17.5. The average molecular weight is 379 g/mol. The van der Waals surface area contributed by atoms with Crippen LogP contribution in [0.2, 0.25) is 0 Å². The molecule has 1 aromatic carbocycles. The van der Waals surface area contributed by atoms with Gasteiger partial charge in [0.1, 0.15) is 5.75 Å². The van der Waals surface area contributed by atoms with Gasteiger partial charge in [0.25, 0.3) is 0 Å². The molecule has 1 aromatic heterocycles. The number of hydrogen-bond donors (Lipinski definition) is 3. The van der Waals surface area contributed by atoms with Crippen LogP contribution in [0.4, 0.5) is 15.6 Å². The zero-order valence-electron chi connectivity index (χ0n) is 13.4. The molecule has 1 fully saturated rings. The summed E-state index contributed by atoms with van der Waals surface area (Å²) in [5.74, 6) is 0.484. The first-order valence-corrected chi connectivity index (χ1v) is 9.40. The average Bonchev–Trinajstić information content (AvgIpc) is 3.29. The van der Waals surface area contributed by atoms with Crippen molar-refractivity contribution in [1.29, 1.82) is 0 Å². The van der Waals surface area contributed by atoms with E-state index in [4.69, 9.17) is 4.74 Å². The van der Waals surface area contributed by atoms with Crippen molar-refractivity contribution in [2.45, 2.75) is 23.2 Å². The fourth-order valence-electron chi connectivity index (χ4n) is 1.88. The maximum atomic E-state index is 11.7. The van der Waals surface area contributed by atoms with E-state index in [1.807, 2.05) is 24.3 Å². The Bertz CT molecular complexity index is 763. The van der Waals surface area contributed by atoms with Gasteiger partial charge in [0, 0.05) is 17.8 Å². The van der Waals surface area contributed by atoms with E-state index < -0.39 is 6.03 Å². The highest BCUT2D eigenvalue weighted by molar-refractivity contribution is 8.01. The number of aromatic nitrogens is 2. The third kappa shape index (κ3) is 5.61. The molecule has 25 heavy (non-hydrogen) atoms. The highest BCUT2D eigenvalue weighted by Gasteiger charge is 2.23. The molecule has 0 radical (unpaired) electrons. The van der Waals surface area contributed by atoms with Crippen molar-refractivity contribution in [1.82, 2.24) is 20.8 Å². The summed E-state index contributed by atoms with van der Waals surface area (Å²) in [7, 11) is 1.61. The van der Waals surface area contributed by atoms with E-state index in [-0.39, 0.29) is 17.7 Å². The van der Waals surface area contributed by atoms with Crippen LogP contribution in [0.15, 0.2) is 28.6 Å². The first-order chi connectivity index (χ1) is 12.1. The Kier molecular flexibility index (Phi) is 5.71. The molecular formula is C15H17N5O3S2. The molecule has 3 N–H and O–H groups in total. The molecule has 132 valence electrons. The number of urea groups is 1. The Morgan fingerprint density at radius 2 is 2.20 bits per heavy atom. The molecular weight excluding hydrogens is 362 g/mol. The van der Waals surface area contributed by atoms with Crippen LogP contribution in [0.25, 0.3) is 0 Å². The molecule has 0 spiro atoms. The smallest absolute Gasteiger partial charge is 0.321 e. The number of nitrogens with one attached hydrogen (secondary N) is 3. The number of carbonyl (C=O) groups is 2. The van der Waals surface area contributed by atoms with Crippen molar-refractivity contribution in [2.75, 3.05) is 18.2 Å². The van der Waals surface area contributed by atoms with E-state index >= 15 is 0 Å². The van der Waals surface area contributed by atoms with Gasteiger partial charge >= 0.3 is 6.03 Å². The minimum Gasteiger partial charge on any atom is -0.497 e. The van der Waals surface area contributed by atoms with Gasteiger partial charge in [0.2, 0.25) is 11.0 Å². The molecule has 8 nitrogen and oxygen atoms in total. The number of imide groups is 1. The quantitative estimate of drug-likeness (QED) is 0.634. The highest BCUT2D eigenvalue weighted by atomic mass is 32.2. The van der Waals surface area contributed by atoms with Crippen LogP contribution in [0, 0.1) is 0 Å². The molecule has 1 aliphatic carbocycles. The van der Waals surface area contributed by atoms with E-state index in [0.29, 0.717) is 9.47 Å². The summed E-state index contributed by atoms with van der Waals surface area (Å²) in [6, 6.07) is 7.24. The second-order valence-electron chi connectivity index (χ2n) is 5.31. The Hall–Kier alpha value is -2.33. The van der Waals surface area contributed by atoms with Crippen LogP contribution < -0.4 is 20.7 Å². The first-order valence-electron chi connectivity index (χ1n) is 7.60. The van der Waals surface area contributed by atoms with Gasteiger partial charge in [-0.2, -0.15) is 0 Å². The van der Waals surface area contributed by atoms with E-state index in [0.717, 1.165) is 24.3 Å². The summed E-state index contributed by atoms with van der Waals surface area (Å²) in [4.78, 5) is 23.2. The lowest BCUT2D eigenvalue weighted by molar-refractivity contribution is -0.117. The summed E-state index contributed by atoms with van der Waals surface area (Å²) < 4.78 is 5.81. The maximum Gasteiger partial charge on any atom is 0.321 e. The van der Waals surface area contributed by atoms with Gasteiger partial charge in [-0.05, 0) is 25.0 Å².